The number of methoxy groups -OCH3 is 2. The molecule has 0 aliphatic carbocycles. The molecule has 27 heavy (non-hydrogen) atoms. The summed E-state index contributed by atoms with van der Waals surface area (Å²) in [6, 6.07) is 12.7. The van der Waals surface area contributed by atoms with Crippen LogP contribution in [0.3, 0.4) is 0 Å². The van der Waals surface area contributed by atoms with Crippen LogP contribution in [0.2, 0.25) is 0 Å². The summed E-state index contributed by atoms with van der Waals surface area (Å²) in [7, 11) is 3.12. The molecule has 1 heterocycles. The molecule has 0 aromatic heterocycles. The standard InChI is InChI=1S/C19H19BrN2O5/c1-12(23)22-19(16-10-15(24-2)8-9-17(16)25-3)27-18(21-22)11-26-14-6-4-13(20)5-7-14/h4-10,19H,11H2,1-3H3/t19-/m0/s1. The van der Waals surface area contributed by atoms with E-state index < -0.39 is 6.23 Å². The molecule has 0 fully saturated rings. The van der Waals surface area contributed by atoms with Crippen molar-refractivity contribution in [2.75, 3.05) is 20.8 Å². The molecular formula is C19H19BrN2O5. The van der Waals surface area contributed by atoms with E-state index in [1.165, 1.54) is 11.9 Å². The van der Waals surface area contributed by atoms with Gasteiger partial charge in [0, 0.05) is 11.4 Å². The molecule has 0 saturated heterocycles. The van der Waals surface area contributed by atoms with Gasteiger partial charge in [0.15, 0.2) is 6.61 Å². The SMILES string of the molecule is COc1ccc(OC)c([C@@H]2OC(COc3ccc(Br)cc3)=NN2C(C)=O)c1. The van der Waals surface area contributed by atoms with E-state index in [4.69, 9.17) is 18.9 Å². The van der Waals surface area contributed by atoms with Crippen LogP contribution < -0.4 is 14.2 Å². The number of carbonyl (C=O) groups is 1. The predicted octanol–water partition coefficient (Wildman–Crippen LogP) is 3.74. The molecule has 3 rings (SSSR count). The highest BCUT2D eigenvalue weighted by Crippen LogP contribution is 2.36. The maximum atomic E-state index is 12.1. The zero-order chi connectivity index (χ0) is 19.4. The fourth-order valence-corrected chi connectivity index (χ4v) is 2.84. The number of hydrogen-bond donors (Lipinski definition) is 0. The zero-order valence-electron chi connectivity index (χ0n) is 15.1. The summed E-state index contributed by atoms with van der Waals surface area (Å²) in [5.74, 6) is 1.89. The second-order valence-corrected chi connectivity index (χ2v) is 6.59. The maximum Gasteiger partial charge on any atom is 0.247 e. The maximum absolute atomic E-state index is 12.1. The van der Waals surface area contributed by atoms with Gasteiger partial charge in [-0.05, 0) is 42.5 Å². The van der Waals surface area contributed by atoms with Gasteiger partial charge < -0.3 is 18.9 Å². The number of benzene rings is 2. The Hall–Kier alpha value is -2.74. The van der Waals surface area contributed by atoms with E-state index in [0.717, 1.165) is 4.47 Å². The van der Waals surface area contributed by atoms with Crippen LogP contribution in [-0.4, -0.2) is 37.6 Å². The van der Waals surface area contributed by atoms with Crippen molar-refractivity contribution >= 4 is 27.7 Å². The Morgan fingerprint density at radius 3 is 2.48 bits per heavy atom. The molecule has 2 aromatic rings. The van der Waals surface area contributed by atoms with Crippen LogP contribution in [0.5, 0.6) is 17.2 Å². The lowest BCUT2D eigenvalue weighted by Gasteiger charge is -2.21. The van der Waals surface area contributed by atoms with Crippen molar-refractivity contribution in [1.82, 2.24) is 5.01 Å². The second kappa shape index (κ2) is 8.30. The molecule has 1 aliphatic rings. The highest BCUT2D eigenvalue weighted by molar-refractivity contribution is 9.10. The molecule has 0 unspecified atom stereocenters. The highest BCUT2D eigenvalue weighted by Gasteiger charge is 2.35. The largest absolute Gasteiger partial charge is 0.497 e. The van der Waals surface area contributed by atoms with Crippen molar-refractivity contribution in [3.63, 3.8) is 0 Å². The van der Waals surface area contributed by atoms with Crippen LogP contribution >= 0.6 is 15.9 Å². The summed E-state index contributed by atoms with van der Waals surface area (Å²) in [4.78, 5) is 12.1. The van der Waals surface area contributed by atoms with Gasteiger partial charge in [-0.25, -0.2) is 0 Å². The average molecular weight is 435 g/mol. The van der Waals surface area contributed by atoms with Crippen LogP contribution in [-0.2, 0) is 9.53 Å². The normalized spacial score (nSPS) is 15.8. The van der Waals surface area contributed by atoms with Gasteiger partial charge in [-0.3, -0.25) is 4.79 Å². The molecule has 1 amide bonds. The lowest BCUT2D eigenvalue weighted by Crippen LogP contribution is -2.25. The summed E-state index contributed by atoms with van der Waals surface area (Å²) in [5.41, 5.74) is 0.634. The van der Waals surface area contributed by atoms with Crippen LogP contribution in [0.25, 0.3) is 0 Å². The van der Waals surface area contributed by atoms with Crippen molar-refractivity contribution in [3.05, 3.63) is 52.5 Å². The summed E-state index contributed by atoms with van der Waals surface area (Å²) in [6.07, 6.45) is -0.754. The lowest BCUT2D eigenvalue weighted by molar-refractivity contribution is -0.135. The topological polar surface area (TPSA) is 69.6 Å². The van der Waals surface area contributed by atoms with Crippen LogP contribution in [0.4, 0.5) is 0 Å². The fourth-order valence-electron chi connectivity index (χ4n) is 2.58. The van der Waals surface area contributed by atoms with Crippen molar-refractivity contribution in [3.8, 4) is 17.2 Å². The summed E-state index contributed by atoms with van der Waals surface area (Å²) in [6.45, 7) is 1.51. The van der Waals surface area contributed by atoms with Gasteiger partial charge in [0.1, 0.15) is 17.2 Å². The third kappa shape index (κ3) is 4.33. The lowest BCUT2D eigenvalue weighted by atomic mass is 10.1. The molecule has 7 nitrogen and oxygen atoms in total. The first-order chi connectivity index (χ1) is 13.0. The number of rotatable bonds is 6. The van der Waals surface area contributed by atoms with E-state index in [1.807, 2.05) is 24.3 Å². The molecule has 0 N–H and O–H groups in total. The van der Waals surface area contributed by atoms with E-state index in [1.54, 1.807) is 32.4 Å². The number of hydrazone groups is 1. The molecule has 8 heteroatoms. The number of nitrogens with zero attached hydrogens (tertiary/aromatic N) is 2. The Labute approximate surface area is 165 Å². The molecule has 0 bridgehead atoms. The molecule has 0 saturated carbocycles. The first-order valence-corrected chi connectivity index (χ1v) is 8.95. The van der Waals surface area contributed by atoms with Crippen molar-refractivity contribution in [1.29, 1.82) is 0 Å². The molecule has 2 aromatic carbocycles. The molecule has 1 atom stereocenters. The van der Waals surface area contributed by atoms with Crippen molar-refractivity contribution in [2.45, 2.75) is 13.2 Å². The van der Waals surface area contributed by atoms with E-state index >= 15 is 0 Å². The van der Waals surface area contributed by atoms with Gasteiger partial charge in [-0.1, -0.05) is 15.9 Å². The zero-order valence-corrected chi connectivity index (χ0v) is 16.7. The molecule has 142 valence electrons. The monoisotopic (exact) mass is 434 g/mol. The number of ether oxygens (including phenoxy) is 4. The second-order valence-electron chi connectivity index (χ2n) is 5.68. The van der Waals surface area contributed by atoms with E-state index in [9.17, 15) is 4.79 Å². The smallest absolute Gasteiger partial charge is 0.247 e. The van der Waals surface area contributed by atoms with Gasteiger partial charge >= 0.3 is 0 Å². The van der Waals surface area contributed by atoms with Crippen LogP contribution in [0.1, 0.15) is 18.7 Å². The van der Waals surface area contributed by atoms with Crippen LogP contribution in [0.15, 0.2) is 52.0 Å². The average Bonchev–Trinajstić information content (AvgIpc) is 3.11. The highest BCUT2D eigenvalue weighted by atomic mass is 79.9. The summed E-state index contributed by atoms with van der Waals surface area (Å²) < 4.78 is 23.2. The van der Waals surface area contributed by atoms with Crippen molar-refractivity contribution in [2.24, 2.45) is 5.10 Å². The van der Waals surface area contributed by atoms with E-state index in [0.29, 0.717) is 28.7 Å². The van der Waals surface area contributed by atoms with Crippen LogP contribution in [0, 0.1) is 0 Å². The number of halogens is 1. The first-order valence-electron chi connectivity index (χ1n) is 8.16. The number of carbonyl (C=O) groups excluding carboxylic acids is 1. The van der Waals surface area contributed by atoms with Gasteiger partial charge in [0.2, 0.25) is 18.0 Å². The Kier molecular flexibility index (Phi) is 5.85. The minimum absolute atomic E-state index is 0.0915. The first kappa shape index (κ1) is 19.0. The predicted molar refractivity (Wildman–Crippen MR) is 103 cm³/mol. The quantitative estimate of drug-likeness (QED) is 0.692. The van der Waals surface area contributed by atoms with Gasteiger partial charge in [-0.15, -0.1) is 5.10 Å². The number of hydrogen-bond acceptors (Lipinski definition) is 6. The fraction of sp³-hybridized carbons (Fsp3) is 0.263. The minimum Gasteiger partial charge on any atom is -0.497 e. The van der Waals surface area contributed by atoms with Crippen molar-refractivity contribution < 1.29 is 23.7 Å². The van der Waals surface area contributed by atoms with Gasteiger partial charge in [-0.2, -0.15) is 5.01 Å². The minimum atomic E-state index is -0.754. The van der Waals surface area contributed by atoms with Gasteiger partial charge in [0.25, 0.3) is 0 Å². The summed E-state index contributed by atoms with van der Waals surface area (Å²) in [5, 5.41) is 5.52. The molecule has 1 aliphatic heterocycles. The Balaban J connectivity index is 1.80. The summed E-state index contributed by atoms with van der Waals surface area (Å²) >= 11 is 3.38. The van der Waals surface area contributed by atoms with E-state index in [-0.39, 0.29) is 12.5 Å². The molecule has 0 radical (unpaired) electrons. The number of amides is 1. The third-order valence-corrected chi connectivity index (χ3v) is 4.42. The molecule has 0 spiro atoms. The molecular weight excluding hydrogens is 416 g/mol. The Morgan fingerprint density at radius 1 is 1.15 bits per heavy atom. The van der Waals surface area contributed by atoms with Gasteiger partial charge in [0.05, 0.1) is 19.8 Å². The Bertz CT molecular complexity index is 854. The Morgan fingerprint density at radius 2 is 1.85 bits per heavy atom. The van der Waals surface area contributed by atoms with E-state index in [2.05, 4.69) is 21.0 Å². The third-order valence-electron chi connectivity index (χ3n) is 3.89.